The molecule has 0 aromatic heterocycles. The molecule has 1 N–H and O–H groups in total. The van der Waals surface area contributed by atoms with Crippen molar-refractivity contribution in [1.29, 1.82) is 0 Å². The molecule has 0 heterocycles. The Bertz CT molecular complexity index is 300. The SMILES string of the molecule is O=[N+]([O-])c1ccc(O)[c]([Hg])c1. The monoisotopic (exact) mass is 340 g/mol. The van der Waals surface area contributed by atoms with Gasteiger partial charge in [-0.2, -0.15) is 0 Å². The van der Waals surface area contributed by atoms with Gasteiger partial charge in [0.05, 0.1) is 0 Å². The van der Waals surface area contributed by atoms with Gasteiger partial charge in [0.15, 0.2) is 0 Å². The van der Waals surface area contributed by atoms with Gasteiger partial charge >= 0.3 is 79.0 Å². The number of non-ortho nitro benzene ring substituents is 1. The van der Waals surface area contributed by atoms with Crippen LogP contribution in [0.1, 0.15) is 0 Å². The van der Waals surface area contributed by atoms with Crippen LogP contribution in [0.4, 0.5) is 5.69 Å². The van der Waals surface area contributed by atoms with Crippen LogP contribution in [0.2, 0.25) is 0 Å². The van der Waals surface area contributed by atoms with E-state index in [1.165, 1.54) is 18.2 Å². The van der Waals surface area contributed by atoms with E-state index >= 15 is 0 Å². The number of phenols is 1. The molecular weight excluding hydrogens is 335 g/mol. The molecule has 11 heavy (non-hydrogen) atoms. The Labute approximate surface area is 79.0 Å². The maximum absolute atomic E-state index is 10.2. The Kier molecular flexibility index (Phi) is 2.43. The second-order valence-corrected chi connectivity index (χ2v) is 5.03. The normalized spacial score (nSPS) is 9.64. The van der Waals surface area contributed by atoms with E-state index in [0.717, 1.165) is 0 Å². The number of rotatable bonds is 1. The number of nitro benzene ring substituents is 1. The average Bonchev–Trinajstić information content (AvgIpc) is 1.94. The zero-order valence-corrected chi connectivity index (χ0v) is 11.1. The van der Waals surface area contributed by atoms with Crippen molar-refractivity contribution in [3.05, 3.63) is 28.3 Å². The summed E-state index contributed by atoms with van der Waals surface area (Å²) < 4.78 is 0.708. The van der Waals surface area contributed by atoms with Gasteiger partial charge in [-0.3, -0.25) is 0 Å². The third-order valence-electron chi connectivity index (χ3n) is 1.27. The molecule has 0 saturated carbocycles. The van der Waals surface area contributed by atoms with Gasteiger partial charge in [-0.15, -0.1) is 0 Å². The number of hydrogen-bond acceptors (Lipinski definition) is 3. The standard InChI is InChI=1S/C6H4NO3.Hg/c8-6-3-1-5(2-4-6)7(9)10;/h1-3,8H;. The Morgan fingerprint density at radius 2 is 2.18 bits per heavy atom. The predicted molar refractivity (Wildman–Crippen MR) is 34.4 cm³/mol. The maximum atomic E-state index is 10.2. The summed E-state index contributed by atoms with van der Waals surface area (Å²) in [6, 6.07) is 4.07. The van der Waals surface area contributed by atoms with Crippen LogP contribution in [0.15, 0.2) is 18.2 Å². The third kappa shape index (κ3) is 1.89. The summed E-state index contributed by atoms with van der Waals surface area (Å²) in [5.41, 5.74) is 0.0489. The van der Waals surface area contributed by atoms with Crippen molar-refractivity contribution < 1.29 is 36.2 Å². The number of nitrogens with zero attached hydrogens (tertiary/aromatic N) is 1. The molecule has 0 aliphatic rings. The Morgan fingerprint density at radius 1 is 1.55 bits per heavy atom. The van der Waals surface area contributed by atoms with Crippen LogP contribution >= 0.6 is 0 Å². The minimum atomic E-state index is -0.462. The van der Waals surface area contributed by atoms with Crippen LogP contribution in [0.25, 0.3) is 0 Å². The van der Waals surface area contributed by atoms with Gasteiger partial charge in [0.2, 0.25) is 0 Å². The summed E-state index contributed by atoms with van der Waals surface area (Å²) in [5.74, 6) is 0.166. The molecule has 0 amide bonds. The molecule has 53 valence electrons. The molecule has 0 aliphatic carbocycles. The topological polar surface area (TPSA) is 63.4 Å². The summed E-state index contributed by atoms with van der Waals surface area (Å²) in [6.07, 6.45) is 0. The van der Waals surface area contributed by atoms with Crippen molar-refractivity contribution in [2.45, 2.75) is 0 Å². The second-order valence-electron chi connectivity index (χ2n) is 2.07. The molecule has 0 unspecified atom stereocenters. The summed E-state index contributed by atoms with van der Waals surface area (Å²) in [6.45, 7) is 0. The average molecular weight is 339 g/mol. The molecule has 0 atom stereocenters. The van der Waals surface area contributed by atoms with E-state index in [-0.39, 0.29) is 37.6 Å². The zero-order chi connectivity index (χ0) is 8.43. The van der Waals surface area contributed by atoms with Gasteiger partial charge in [0.1, 0.15) is 0 Å². The van der Waals surface area contributed by atoms with Crippen LogP contribution in [-0.2, 0) is 26.1 Å². The van der Waals surface area contributed by atoms with E-state index < -0.39 is 4.92 Å². The Balaban J connectivity index is 3.15. The summed E-state index contributed by atoms with van der Waals surface area (Å²) in [7, 11) is 0. The van der Waals surface area contributed by atoms with Crippen molar-refractivity contribution in [3.8, 4) is 5.75 Å². The van der Waals surface area contributed by atoms with E-state index in [1.807, 2.05) is 0 Å². The third-order valence-corrected chi connectivity index (χ3v) is 3.48. The molecule has 0 aliphatic heterocycles. The molecule has 1 aromatic carbocycles. The summed E-state index contributed by atoms with van der Waals surface area (Å²) >= 11 is 0.217. The van der Waals surface area contributed by atoms with Gasteiger partial charge in [-0.1, -0.05) is 0 Å². The molecule has 0 radical (unpaired) electrons. The fourth-order valence-electron chi connectivity index (χ4n) is 0.685. The number of phenolic OH excluding ortho intramolecular Hbond substituents is 1. The Hall–Kier alpha value is -0.645. The fraction of sp³-hybridized carbons (Fsp3) is 0. The number of hydrogen-bond donors (Lipinski definition) is 1. The van der Waals surface area contributed by atoms with E-state index in [2.05, 4.69) is 0 Å². The van der Waals surface area contributed by atoms with Crippen LogP contribution in [0.5, 0.6) is 5.75 Å². The minimum absolute atomic E-state index is 0.0489. The van der Waals surface area contributed by atoms with Crippen LogP contribution in [0.3, 0.4) is 0 Å². The van der Waals surface area contributed by atoms with Crippen molar-refractivity contribution in [2.24, 2.45) is 0 Å². The zero-order valence-electron chi connectivity index (χ0n) is 5.65. The molecular formula is C6H4HgNO3. The van der Waals surface area contributed by atoms with Crippen LogP contribution in [-0.4, -0.2) is 10.0 Å². The van der Waals surface area contributed by atoms with Gasteiger partial charge in [0.25, 0.3) is 0 Å². The van der Waals surface area contributed by atoms with E-state index in [0.29, 0.717) is 3.07 Å². The number of aromatic hydroxyl groups is 1. The fourth-order valence-corrected chi connectivity index (χ4v) is 1.96. The van der Waals surface area contributed by atoms with Crippen molar-refractivity contribution in [2.75, 3.05) is 0 Å². The molecule has 0 spiro atoms. The van der Waals surface area contributed by atoms with Gasteiger partial charge in [0, 0.05) is 0 Å². The van der Waals surface area contributed by atoms with E-state index in [1.54, 1.807) is 0 Å². The molecule has 0 fully saturated rings. The number of benzene rings is 1. The first-order chi connectivity index (χ1) is 5.11. The second kappa shape index (κ2) is 3.17. The Morgan fingerprint density at radius 3 is 2.64 bits per heavy atom. The first-order valence-electron chi connectivity index (χ1n) is 2.90. The van der Waals surface area contributed by atoms with Gasteiger partial charge < -0.3 is 0 Å². The van der Waals surface area contributed by atoms with Crippen LogP contribution in [0, 0.1) is 10.1 Å². The summed E-state index contributed by atoms with van der Waals surface area (Å²) in [4.78, 5) is 9.75. The van der Waals surface area contributed by atoms with Crippen molar-refractivity contribution in [3.63, 3.8) is 0 Å². The van der Waals surface area contributed by atoms with Gasteiger partial charge in [-0.05, 0) is 0 Å². The quantitative estimate of drug-likeness (QED) is 0.460. The first-order valence-corrected chi connectivity index (χ1v) is 5.65. The molecule has 1 rings (SSSR count). The molecule has 0 saturated heterocycles. The molecule has 1 aromatic rings. The van der Waals surface area contributed by atoms with E-state index in [9.17, 15) is 10.1 Å². The van der Waals surface area contributed by atoms with Crippen LogP contribution < -0.4 is 3.07 Å². The van der Waals surface area contributed by atoms with Crippen molar-refractivity contribution >= 4 is 8.76 Å². The van der Waals surface area contributed by atoms with Gasteiger partial charge in [-0.25, -0.2) is 0 Å². The first kappa shape index (κ1) is 8.45. The van der Waals surface area contributed by atoms with E-state index in [4.69, 9.17) is 5.11 Å². The summed E-state index contributed by atoms with van der Waals surface area (Å²) in [5, 5.41) is 19.3. The van der Waals surface area contributed by atoms with Crippen molar-refractivity contribution in [1.82, 2.24) is 0 Å². The molecule has 5 heteroatoms. The molecule has 4 nitrogen and oxygen atoms in total. The molecule has 0 bridgehead atoms. The number of nitro groups is 1. The predicted octanol–water partition coefficient (Wildman–Crippen LogP) is 0.472.